The van der Waals surface area contributed by atoms with E-state index in [2.05, 4.69) is 4.98 Å². The molecule has 0 saturated carbocycles. The molecule has 33 heavy (non-hydrogen) atoms. The van der Waals surface area contributed by atoms with E-state index in [1.807, 2.05) is 13.0 Å². The van der Waals surface area contributed by atoms with Crippen molar-refractivity contribution in [1.82, 2.24) is 14.3 Å². The number of hydrogen-bond donors (Lipinski definition) is 2. The van der Waals surface area contributed by atoms with Gasteiger partial charge in [0.1, 0.15) is 22.9 Å². The number of carbonyl (C=O) groups is 1. The fraction of sp³-hybridized carbons (Fsp3) is 0.391. The first-order valence-electron chi connectivity index (χ1n) is 10.6. The van der Waals surface area contributed by atoms with Gasteiger partial charge in [0.15, 0.2) is 0 Å². The van der Waals surface area contributed by atoms with E-state index in [4.69, 9.17) is 9.47 Å². The van der Waals surface area contributed by atoms with Gasteiger partial charge in [-0.15, -0.1) is 0 Å². The van der Waals surface area contributed by atoms with Crippen molar-refractivity contribution in [3.05, 3.63) is 58.9 Å². The Kier molecular flexibility index (Phi) is 5.31. The summed E-state index contributed by atoms with van der Waals surface area (Å²) in [6.45, 7) is 2.49. The van der Waals surface area contributed by atoms with Crippen LogP contribution in [-0.4, -0.2) is 69.6 Å². The predicted octanol–water partition coefficient (Wildman–Crippen LogP) is 2.73. The third-order valence-corrected chi connectivity index (χ3v) is 6.21. The number of morpholine rings is 1. The second-order valence-electron chi connectivity index (χ2n) is 8.60. The molecule has 0 bridgehead atoms. The van der Waals surface area contributed by atoms with Crippen molar-refractivity contribution in [2.24, 2.45) is 0 Å². The number of ether oxygens (including phenoxy) is 2. The third-order valence-electron chi connectivity index (χ3n) is 6.21. The Bertz CT molecular complexity index is 1220. The normalized spacial score (nSPS) is 20.1. The van der Waals surface area contributed by atoms with Crippen molar-refractivity contribution < 1.29 is 33.3 Å². The minimum absolute atomic E-state index is 0.0246. The van der Waals surface area contributed by atoms with Crippen molar-refractivity contribution in [2.45, 2.75) is 25.0 Å². The molecule has 0 radical (unpaired) electrons. The smallest absolute Gasteiger partial charge is 0.407 e. The fourth-order valence-electron chi connectivity index (χ4n) is 4.35. The molecule has 2 aliphatic rings. The zero-order valence-electron chi connectivity index (χ0n) is 17.9. The zero-order chi connectivity index (χ0) is 23.3. The highest BCUT2D eigenvalue weighted by molar-refractivity contribution is 5.69. The average molecular weight is 459 g/mol. The van der Waals surface area contributed by atoms with Crippen molar-refractivity contribution in [3.8, 4) is 11.3 Å². The number of pyridine rings is 1. The van der Waals surface area contributed by atoms with Crippen LogP contribution in [0.4, 0.5) is 13.6 Å². The Morgan fingerprint density at radius 3 is 2.64 bits per heavy atom. The molecule has 2 aliphatic heterocycles. The van der Waals surface area contributed by atoms with E-state index in [9.17, 15) is 15.0 Å². The lowest BCUT2D eigenvalue weighted by molar-refractivity contribution is -0.184. The molecule has 0 aliphatic carbocycles. The van der Waals surface area contributed by atoms with E-state index in [1.54, 1.807) is 16.7 Å². The first-order chi connectivity index (χ1) is 15.7. The zero-order valence-corrected chi connectivity index (χ0v) is 17.9. The van der Waals surface area contributed by atoms with Gasteiger partial charge in [-0.2, -0.15) is 0 Å². The van der Waals surface area contributed by atoms with Gasteiger partial charge in [0, 0.05) is 19.2 Å². The molecule has 1 aromatic carbocycles. The molecule has 2 N–H and O–H groups in total. The summed E-state index contributed by atoms with van der Waals surface area (Å²) in [7, 11) is 0. The first-order valence-corrected chi connectivity index (χ1v) is 10.6. The van der Waals surface area contributed by atoms with E-state index in [0.717, 1.165) is 17.7 Å². The fourth-order valence-corrected chi connectivity index (χ4v) is 4.35. The number of nitrogens with zero attached hydrogens (tertiary/aromatic N) is 3. The number of aryl methyl sites for hydroxylation is 1. The lowest BCUT2D eigenvalue weighted by Crippen LogP contribution is -2.46. The number of benzene rings is 1. The largest absolute Gasteiger partial charge is 0.465 e. The Labute approximate surface area is 188 Å². The molecule has 1 amide bonds. The monoisotopic (exact) mass is 459 g/mol. The summed E-state index contributed by atoms with van der Waals surface area (Å²) in [6.07, 6.45) is 0.449. The van der Waals surface area contributed by atoms with Gasteiger partial charge >= 0.3 is 6.09 Å². The summed E-state index contributed by atoms with van der Waals surface area (Å²) in [5, 5.41) is 19.8. The Hall–Kier alpha value is -3.08. The van der Waals surface area contributed by atoms with Gasteiger partial charge in [-0.1, -0.05) is 0 Å². The number of carboxylic acid groups (broad SMARTS) is 1. The van der Waals surface area contributed by atoms with Crippen LogP contribution >= 0.6 is 0 Å². The SMILES string of the molecule is Cc1ccn2c(C[C@H]3CN(C(=O)O)CCO3)c(-c3c(F)cc(C4(O)COC4)cc3F)nc2c1. The van der Waals surface area contributed by atoms with Crippen LogP contribution in [0.5, 0.6) is 0 Å². The molecule has 2 fully saturated rings. The summed E-state index contributed by atoms with van der Waals surface area (Å²) in [5.41, 5.74) is 0.481. The standard InChI is InChI=1S/C23H23F2N3O5/c1-13-2-3-28-18(9-15-10-27(22(29)30)4-5-33-15)21(26-19(28)6-13)20-16(24)7-14(8-17(20)25)23(31)11-32-12-23/h2-3,6-8,15,31H,4-5,9-12H2,1H3,(H,29,30)/t15-/m0/s1. The van der Waals surface area contributed by atoms with Crippen LogP contribution in [0.1, 0.15) is 16.8 Å². The predicted molar refractivity (Wildman–Crippen MR) is 113 cm³/mol. The van der Waals surface area contributed by atoms with Crippen molar-refractivity contribution in [1.29, 1.82) is 0 Å². The quantitative estimate of drug-likeness (QED) is 0.623. The molecular weight excluding hydrogens is 436 g/mol. The number of aromatic nitrogens is 2. The minimum Gasteiger partial charge on any atom is -0.465 e. The Morgan fingerprint density at radius 2 is 2.00 bits per heavy atom. The van der Waals surface area contributed by atoms with Gasteiger partial charge in [-0.25, -0.2) is 18.6 Å². The van der Waals surface area contributed by atoms with Gasteiger partial charge in [0.2, 0.25) is 0 Å². The molecule has 174 valence electrons. The molecule has 2 aromatic heterocycles. The van der Waals surface area contributed by atoms with Gasteiger partial charge in [0.25, 0.3) is 0 Å². The van der Waals surface area contributed by atoms with Gasteiger partial charge in [-0.05, 0) is 42.3 Å². The van der Waals surface area contributed by atoms with E-state index in [0.29, 0.717) is 11.3 Å². The summed E-state index contributed by atoms with van der Waals surface area (Å²) >= 11 is 0. The van der Waals surface area contributed by atoms with Crippen LogP contribution in [0.15, 0.2) is 30.5 Å². The minimum atomic E-state index is -1.41. The summed E-state index contributed by atoms with van der Waals surface area (Å²) in [6, 6.07) is 5.89. The molecule has 2 saturated heterocycles. The molecular formula is C23H23F2N3O5. The maximum atomic E-state index is 15.3. The maximum Gasteiger partial charge on any atom is 0.407 e. The number of hydrogen-bond acceptors (Lipinski definition) is 5. The second kappa shape index (κ2) is 8.05. The average Bonchev–Trinajstić information content (AvgIpc) is 3.08. The Balaban J connectivity index is 1.59. The lowest BCUT2D eigenvalue weighted by atomic mass is 9.90. The molecule has 0 unspecified atom stereocenters. The number of aliphatic hydroxyl groups is 1. The van der Waals surface area contributed by atoms with Crippen LogP contribution < -0.4 is 0 Å². The number of fused-ring (bicyclic) bond motifs is 1. The molecule has 5 rings (SSSR count). The summed E-state index contributed by atoms with van der Waals surface area (Å²) in [4.78, 5) is 17.2. The highest BCUT2D eigenvalue weighted by Gasteiger charge is 2.39. The van der Waals surface area contributed by atoms with Crippen LogP contribution in [0.2, 0.25) is 0 Å². The summed E-state index contributed by atoms with van der Waals surface area (Å²) < 4.78 is 43.0. The van der Waals surface area contributed by atoms with Gasteiger partial charge in [-0.3, -0.25) is 0 Å². The van der Waals surface area contributed by atoms with Crippen molar-refractivity contribution in [2.75, 3.05) is 32.9 Å². The van der Waals surface area contributed by atoms with Crippen molar-refractivity contribution in [3.63, 3.8) is 0 Å². The van der Waals surface area contributed by atoms with Crippen molar-refractivity contribution >= 4 is 11.7 Å². The van der Waals surface area contributed by atoms with Crippen LogP contribution in [0, 0.1) is 18.6 Å². The molecule has 0 spiro atoms. The van der Waals surface area contributed by atoms with E-state index >= 15 is 8.78 Å². The third kappa shape index (κ3) is 3.84. The number of rotatable bonds is 4. The van der Waals surface area contributed by atoms with E-state index in [1.165, 1.54) is 4.90 Å². The second-order valence-corrected chi connectivity index (χ2v) is 8.60. The first kappa shape index (κ1) is 21.7. The van der Waals surface area contributed by atoms with E-state index < -0.39 is 29.4 Å². The molecule has 1 atom stereocenters. The van der Waals surface area contributed by atoms with Gasteiger partial charge in [0.05, 0.1) is 49.4 Å². The van der Waals surface area contributed by atoms with Crippen LogP contribution in [0.25, 0.3) is 16.9 Å². The van der Waals surface area contributed by atoms with Crippen LogP contribution in [0.3, 0.4) is 0 Å². The lowest BCUT2D eigenvalue weighted by Gasteiger charge is -2.36. The number of imidazole rings is 1. The summed E-state index contributed by atoms with van der Waals surface area (Å²) in [5.74, 6) is -1.69. The number of amides is 1. The molecule has 4 heterocycles. The van der Waals surface area contributed by atoms with Gasteiger partial charge < -0.3 is 29.0 Å². The molecule has 3 aromatic rings. The molecule has 10 heteroatoms. The number of halogens is 2. The molecule has 8 nitrogen and oxygen atoms in total. The highest BCUT2D eigenvalue weighted by Crippen LogP contribution is 2.36. The van der Waals surface area contributed by atoms with Crippen LogP contribution in [-0.2, 0) is 21.5 Å². The maximum absolute atomic E-state index is 15.3. The topological polar surface area (TPSA) is 96.5 Å². The Morgan fingerprint density at radius 1 is 1.27 bits per heavy atom. The van der Waals surface area contributed by atoms with E-state index in [-0.39, 0.29) is 56.2 Å². The highest BCUT2D eigenvalue weighted by atomic mass is 19.1.